The average molecular weight is 292 g/mol. The highest BCUT2D eigenvalue weighted by atomic mass is 32.1. The molecule has 4 heteroatoms. The minimum atomic E-state index is 0.106. The highest BCUT2D eigenvalue weighted by molar-refractivity contribution is 7.10. The van der Waals surface area contributed by atoms with Gasteiger partial charge in [-0.3, -0.25) is 10.1 Å². The Morgan fingerprint density at radius 2 is 2.20 bits per heavy atom. The van der Waals surface area contributed by atoms with E-state index >= 15 is 0 Å². The quantitative estimate of drug-likeness (QED) is 0.920. The molecule has 1 aromatic heterocycles. The third kappa shape index (κ3) is 2.63. The SMILES string of the molecule is CCC(C1CCCCC1)N1C(=O)CNC1c1cccs1. The lowest BCUT2D eigenvalue weighted by molar-refractivity contribution is -0.132. The molecule has 0 bridgehead atoms. The lowest BCUT2D eigenvalue weighted by atomic mass is 9.82. The van der Waals surface area contributed by atoms with Crippen LogP contribution >= 0.6 is 11.3 Å². The molecule has 3 rings (SSSR count). The van der Waals surface area contributed by atoms with E-state index in [0.717, 1.165) is 6.42 Å². The molecule has 0 spiro atoms. The minimum absolute atomic E-state index is 0.106. The van der Waals surface area contributed by atoms with Gasteiger partial charge in [0.15, 0.2) is 0 Å². The Kier molecular flexibility index (Phi) is 4.41. The molecule has 2 unspecified atom stereocenters. The number of carbonyl (C=O) groups is 1. The zero-order chi connectivity index (χ0) is 13.9. The molecule has 2 fully saturated rings. The molecule has 1 aliphatic carbocycles. The molecule has 1 aliphatic heterocycles. The van der Waals surface area contributed by atoms with Crippen LogP contribution in [0.4, 0.5) is 0 Å². The van der Waals surface area contributed by atoms with Gasteiger partial charge < -0.3 is 4.90 Å². The summed E-state index contributed by atoms with van der Waals surface area (Å²) in [4.78, 5) is 15.8. The molecule has 1 N–H and O–H groups in total. The molecule has 1 amide bonds. The maximum Gasteiger partial charge on any atom is 0.238 e. The van der Waals surface area contributed by atoms with Crippen molar-refractivity contribution in [2.75, 3.05) is 6.54 Å². The van der Waals surface area contributed by atoms with Crippen molar-refractivity contribution in [1.82, 2.24) is 10.2 Å². The Bertz CT molecular complexity index is 439. The van der Waals surface area contributed by atoms with Crippen LogP contribution in [0.3, 0.4) is 0 Å². The summed E-state index contributed by atoms with van der Waals surface area (Å²) < 4.78 is 0. The van der Waals surface area contributed by atoms with E-state index in [1.165, 1.54) is 37.0 Å². The molecule has 2 heterocycles. The Morgan fingerprint density at radius 3 is 2.85 bits per heavy atom. The molecule has 3 nitrogen and oxygen atoms in total. The third-order valence-corrected chi connectivity index (χ3v) is 5.72. The maximum absolute atomic E-state index is 12.4. The van der Waals surface area contributed by atoms with Gasteiger partial charge in [0.2, 0.25) is 5.91 Å². The zero-order valence-electron chi connectivity index (χ0n) is 12.2. The standard InChI is InChI=1S/C16H24N2OS/c1-2-13(12-7-4-3-5-8-12)18-15(19)11-17-16(18)14-9-6-10-20-14/h6,9-10,12-13,16-17H,2-5,7-8,11H2,1H3. The van der Waals surface area contributed by atoms with Gasteiger partial charge in [0.1, 0.15) is 6.17 Å². The summed E-state index contributed by atoms with van der Waals surface area (Å²) in [6, 6.07) is 4.62. The van der Waals surface area contributed by atoms with Crippen molar-refractivity contribution in [3.05, 3.63) is 22.4 Å². The fourth-order valence-corrected chi connectivity index (χ4v) is 4.65. The summed E-state index contributed by atoms with van der Waals surface area (Å²) in [5, 5.41) is 5.50. The monoisotopic (exact) mass is 292 g/mol. The molecular formula is C16H24N2OS. The largest absolute Gasteiger partial charge is 0.318 e. The molecule has 110 valence electrons. The number of amides is 1. The molecule has 1 saturated carbocycles. The summed E-state index contributed by atoms with van der Waals surface area (Å²) in [6.07, 6.45) is 7.79. The predicted molar refractivity (Wildman–Crippen MR) is 82.6 cm³/mol. The van der Waals surface area contributed by atoms with Gasteiger partial charge >= 0.3 is 0 Å². The number of rotatable bonds is 4. The smallest absolute Gasteiger partial charge is 0.238 e. The normalized spacial score (nSPS) is 26.1. The van der Waals surface area contributed by atoms with Crippen LogP contribution in [0.2, 0.25) is 0 Å². The van der Waals surface area contributed by atoms with E-state index in [1.807, 2.05) is 0 Å². The molecule has 2 aliphatic rings. The van der Waals surface area contributed by atoms with Crippen molar-refractivity contribution in [2.45, 2.75) is 57.7 Å². The second-order valence-electron chi connectivity index (χ2n) is 5.97. The molecule has 1 aromatic rings. The van der Waals surface area contributed by atoms with Crippen LogP contribution in [0.15, 0.2) is 17.5 Å². The molecule has 2 atom stereocenters. The van der Waals surface area contributed by atoms with Gasteiger partial charge in [0.05, 0.1) is 6.54 Å². The van der Waals surface area contributed by atoms with E-state index in [1.54, 1.807) is 11.3 Å². The van der Waals surface area contributed by atoms with Gasteiger partial charge in [-0.1, -0.05) is 32.3 Å². The van der Waals surface area contributed by atoms with E-state index in [4.69, 9.17) is 0 Å². The Labute approximate surface area is 125 Å². The number of nitrogens with one attached hydrogen (secondary N) is 1. The summed E-state index contributed by atoms with van der Waals surface area (Å²) in [5.74, 6) is 0.973. The van der Waals surface area contributed by atoms with Gasteiger partial charge in [0.25, 0.3) is 0 Å². The first-order valence-corrected chi connectivity index (χ1v) is 8.77. The lowest BCUT2D eigenvalue weighted by Gasteiger charge is -2.38. The van der Waals surface area contributed by atoms with Crippen molar-refractivity contribution in [2.24, 2.45) is 5.92 Å². The van der Waals surface area contributed by atoms with Crippen LogP contribution in [-0.2, 0) is 4.79 Å². The summed E-state index contributed by atoms with van der Waals surface area (Å²) in [5.41, 5.74) is 0. The highest BCUT2D eigenvalue weighted by Crippen LogP contribution is 2.36. The van der Waals surface area contributed by atoms with Crippen LogP contribution in [0.5, 0.6) is 0 Å². The van der Waals surface area contributed by atoms with Crippen molar-refractivity contribution in [1.29, 1.82) is 0 Å². The summed E-state index contributed by atoms with van der Waals surface area (Å²) in [6.45, 7) is 2.72. The Balaban J connectivity index is 1.81. The second kappa shape index (κ2) is 6.27. The lowest BCUT2D eigenvalue weighted by Crippen LogP contribution is -2.44. The molecule has 0 radical (unpaired) electrons. The van der Waals surface area contributed by atoms with Crippen molar-refractivity contribution >= 4 is 17.2 Å². The van der Waals surface area contributed by atoms with Gasteiger partial charge in [-0.25, -0.2) is 0 Å². The van der Waals surface area contributed by atoms with Crippen LogP contribution in [0.25, 0.3) is 0 Å². The van der Waals surface area contributed by atoms with E-state index in [2.05, 4.69) is 34.7 Å². The number of hydrogen-bond acceptors (Lipinski definition) is 3. The van der Waals surface area contributed by atoms with E-state index < -0.39 is 0 Å². The van der Waals surface area contributed by atoms with Crippen LogP contribution in [0, 0.1) is 5.92 Å². The van der Waals surface area contributed by atoms with Crippen molar-refractivity contribution < 1.29 is 4.79 Å². The molecule has 20 heavy (non-hydrogen) atoms. The fourth-order valence-electron chi connectivity index (χ4n) is 3.85. The summed E-state index contributed by atoms with van der Waals surface area (Å²) in [7, 11) is 0. The first kappa shape index (κ1) is 14.1. The molecular weight excluding hydrogens is 268 g/mol. The topological polar surface area (TPSA) is 32.3 Å². The van der Waals surface area contributed by atoms with Crippen molar-refractivity contribution in [3.8, 4) is 0 Å². The van der Waals surface area contributed by atoms with Crippen LogP contribution in [-0.4, -0.2) is 23.4 Å². The number of carbonyl (C=O) groups excluding carboxylic acids is 1. The second-order valence-corrected chi connectivity index (χ2v) is 6.95. The minimum Gasteiger partial charge on any atom is -0.318 e. The van der Waals surface area contributed by atoms with Gasteiger partial charge in [-0.15, -0.1) is 11.3 Å². The summed E-state index contributed by atoms with van der Waals surface area (Å²) >= 11 is 1.74. The van der Waals surface area contributed by atoms with Crippen LogP contribution in [0.1, 0.15) is 56.5 Å². The number of nitrogens with zero attached hydrogens (tertiary/aromatic N) is 1. The van der Waals surface area contributed by atoms with Gasteiger partial charge in [0, 0.05) is 10.9 Å². The van der Waals surface area contributed by atoms with Gasteiger partial charge in [-0.2, -0.15) is 0 Å². The molecule has 0 aromatic carbocycles. The fraction of sp³-hybridized carbons (Fsp3) is 0.688. The zero-order valence-corrected chi connectivity index (χ0v) is 13.0. The van der Waals surface area contributed by atoms with Crippen LogP contribution < -0.4 is 5.32 Å². The van der Waals surface area contributed by atoms with Gasteiger partial charge in [-0.05, 0) is 36.6 Å². The highest BCUT2D eigenvalue weighted by Gasteiger charge is 2.39. The third-order valence-electron chi connectivity index (χ3n) is 4.80. The van der Waals surface area contributed by atoms with E-state index in [9.17, 15) is 4.79 Å². The molecule has 1 saturated heterocycles. The number of hydrogen-bond donors (Lipinski definition) is 1. The van der Waals surface area contributed by atoms with Crippen molar-refractivity contribution in [3.63, 3.8) is 0 Å². The first-order valence-electron chi connectivity index (χ1n) is 7.89. The Hall–Kier alpha value is -0.870. The maximum atomic E-state index is 12.4. The van der Waals surface area contributed by atoms with E-state index in [-0.39, 0.29) is 12.1 Å². The number of thiophene rings is 1. The first-order chi connectivity index (χ1) is 9.81. The average Bonchev–Trinajstić information content (AvgIpc) is 3.12. The van der Waals surface area contributed by atoms with E-state index in [0.29, 0.717) is 18.5 Å². The Morgan fingerprint density at radius 1 is 1.40 bits per heavy atom. The predicted octanol–water partition coefficient (Wildman–Crippen LogP) is 3.54.